The molecule has 7 heteroatoms. The summed E-state index contributed by atoms with van der Waals surface area (Å²) in [5, 5.41) is 9.29. The molecule has 136 valence electrons. The quantitative estimate of drug-likeness (QED) is 0.874. The Hall–Kier alpha value is -2.28. The molecule has 3 rings (SSSR count). The maximum Gasteiger partial charge on any atom is 0.328 e. The Morgan fingerprint density at radius 1 is 1.24 bits per heavy atom. The summed E-state index contributed by atoms with van der Waals surface area (Å²) in [6, 6.07) is 4.02. The number of carbonyl (C=O) groups excluding carboxylic acids is 1. The average Bonchev–Trinajstić information content (AvgIpc) is 3.14. The van der Waals surface area contributed by atoms with Gasteiger partial charge in [0.05, 0.1) is 26.4 Å². The summed E-state index contributed by atoms with van der Waals surface area (Å²) in [6.07, 6.45) is 4.57. The minimum Gasteiger partial charge on any atom is -0.493 e. The molecule has 2 fully saturated rings. The molecule has 1 aromatic rings. The minimum absolute atomic E-state index is 0.00107. The zero-order valence-electron chi connectivity index (χ0n) is 14.3. The molecule has 2 aliphatic rings. The monoisotopic (exact) mass is 349 g/mol. The number of nitrogens with zero attached hydrogens (tertiary/aromatic N) is 1. The van der Waals surface area contributed by atoms with Crippen molar-refractivity contribution in [3.05, 3.63) is 23.8 Å². The number of carboxylic acid groups (broad SMARTS) is 1. The second-order valence-corrected chi connectivity index (χ2v) is 6.32. The highest BCUT2D eigenvalue weighted by molar-refractivity contribution is 5.97. The molecule has 0 unspecified atom stereocenters. The van der Waals surface area contributed by atoms with Crippen molar-refractivity contribution < 1.29 is 28.9 Å². The smallest absolute Gasteiger partial charge is 0.328 e. The van der Waals surface area contributed by atoms with E-state index in [0.29, 0.717) is 23.7 Å². The zero-order valence-corrected chi connectivity index (χ0v) is 14.3. The first-order valence-electron chi connectivity index (χ1n) is 8.56. The van der Waals surface area contributed by atoms with Crippen LogP contribution < -0.4 is 9.47 Å². The van der Waals surface area contributed by atoms with Gasteiger partial charge in [0.2, 0.25) is 0 Å². The molecule has 1 aromatic carbocycles. The van der Waals surface area contributed by atoms with Crippen LogP contribution in [0.3, 0.4) is 0 Å². The van der Waals surface area contributed by atoms with Crippen LogP contribution in [0.5, 0.6) is 11.5 Å². The van der Waals surface area contributed by atoms with E-state index in [1.807, 2.05) is 0 Å². The van der Waals surface area contributed by atoms with Crippen molar-refractivity contribution in [2.75, 3.05) is 26.9 Å². The number of benzene rings is 1. The Morgan fingerprint density at radius 2 is 2.00 bits per heavy atom. The molecule has 1 amide bonds. The predicted octanol–water partition coefficient (Wildman–Crippen LogP) is 1.94. The number of ether oxygens (including phenoxy) is 3. The van der Waals surface area contributed by atoms with Gasteiger partial charge in [-0.3, -0.25) is 4.79 Å². The van der Waals surface area contributed by atoms with Gasteiger partial charge in [0, 0.05) is 12.1 Å². The standard InChI is InChI=1S/C18H23NO6/c1-23-16-10-12(6-7-15(16)25-13-4-2-3-5-13)17(20)19-8-9-24-11-14(19)18(21)22/h6-7,10,13-14H,2-5,8-9,11H2,1H3,(H,21,22)/t14-/m1/s1. The van der Waals surface area contributed by atoms with Crippen molar-refractivity contribution in [2.45, 2.75) is 37.8 Å². The van der Waals surface area contributed by atoms with E-state index in [0.717, 1.165) is 25.7 Å². The lowest BCUT2D eigenvalue weighted by Crippen LogP contribution is -2.52. The van der Waals surface area contributed by atoms with Crippen LogP contribution in [0.1, 0.15) is 36.0 Å². The van der Waals surface area contributed by atoms with E-state index in [9.17, 15) is 14.7 Å². The predicted molar refractivity (Wildman–Crippen MR) is 89.2 cm³/mol. The van der Waals surface area contributed by atoms with Gasteiger partial charge < -0.3 is 24.2 Å². The van der Waals surface area contributed by atoms with Gasteiger partial charge in [-0.15, -0.1) is 0 Å². The van der Waals surface area contributed by atoms with E-state index in [1.54, 1.807) is 18.2 Å². The second kappa shape index (κ2) is 7.74. The van der Waals surface area contributed by atoms with Crippen LogP contribution in [0.2, 0.25) is 0 Å². The number of methoxy groups -OCH3 is 1. The minimum atomic E-state index is -1.07. The van der Waals surface area contributed by atoms with E-state index < -0.39 is 12.0 Å². The SMILES string of the molecule is COc1cc(C(=O)N2CCOC[C@@H]2C(=O)O)ccc1OC1CCCC1. The van der Waals surface area contributed by atoms with Gasteiger partial charge in [-0.05, 0) is 43.9 Å². The molecule has 1 N–H and O–H groups in total. The number of hydrogen-bond acceptors (Lipinski definition) is 5. The van der Waals surface area contributed by atoms with Gasteiger partial charge in [-0.2, -0.15) is 0 Å². The number of hydrogen-bond donors (Lipinski definition) is 1. The molecular weight excluding hydrogens is 326 g/mol. The van der Waals surface area contributed by atoms with Crippen molar-refractivity contribution in [1.29, 1.82) is 0 Å². The van der Waals surface area contributed by atoms with Crippen molar-refractivity contribution >= 4 is 11.9 Å². The van der Waals surface area contributed by atoms with Crippen LogP contribution in [0.25, 0.3) is 0 Å². The van der Waals surface area contributed by atoms with E-state index in [4.69, 9.17) is 14.2 Å². The third-order valence-corrected chi connectivity index (χ3v) is 4.68. The van der Waals surface area contributed by atoms with Crippen LogP contribution >= 0.6 is 0 Å². The van der Waals surface area contributed by atoms with Crippen LogP contribution in [0.4, 0.5) is 0 Å². The molecule has 1 saturated heterocycles. The summed E-state index contributed by atoms with van der Waals surface area (Å²) in [5.74, 6) is -0.316. The molecule has 1 saturated carbocycles. The highest BCUT2D eigenvalue weighted by Gasteiger charge is 2.33. The first-order valence-corrected chi connectivity index (χ1v) is 8.56. The second-order valence-electron chi connectivity index (χ2n) is 6.32. The maximum absolute atomic E-state index is 12.7. The summed E-state index contributed by atoms with van der Waals surface area (Å²) in [6.45, 7) is 0.578. The Balaban J connectivity index is 1.79. The highest BCUT2D eigenvalue weighted by atomic mass is 16.5. The van der Waals surface area contributed by atoms with Crippen molar-refractivity contribution in [1.82, 2.24) is 4.90 Å². The normalized spacial score (nSPS) is 21.2. The number of morpholine rings is 1. The van der Waals surface area contributed by atoms with Gasteiger partial charge in [0.1, 0.15) is 0 Å². The van der Waals surface area contributed by atoms with Gasteiger partial charge in [0.25, 0.3) is 5.91 Å². The first-order chi connectivity index (χ1) is 12.1. The summed E-state index contributed by atoms with van der Waals surface area (Å²) in [5.41, 5.74) is 0.378. The van der Waals surface area contributed by atoms with Crippen molar-refractivity contribution in [3.63, 3.8) is 0 Å². The Labute approximate surface area is 146 Å². The Morgan fingerprint density at radius 3 is 2.68 bits per heavy atom. The third kappa shape index (κ3) is 3.87. The molecular formula is C18H23NO6. The summed E-state index contributed by atoms with van der Waals surface area (Å²) < 4.78 is 16.5. The summed E-state index contributed by atoms with van der Waals surface area (Å²) in [7, 11) is 1.53. The van der Waals surface area contributed by atoms with Gasteiger partial charge >= 0.3 is 5.97 Å². The number of aliphatic carboxylic acids is 1. The maximum atomic E-state index is 12.7. The summed E-state index contributed by atoms with van der Waals surface area (Å²) in [4.78, 5) is 25.4. The lowest BCUT2D eigenvalue weighted by molar-refractivity contribution is -0.147. The van der Waals surface area contributed by atoms with E-state index in [-0.39, 0.29) is 25.2 Å². The van der Waals surface area contributed by atoms with Crippen LogP contribution in [-0.2, 0) is 9.53 Å². The van der Waals surface area contributed by atoms with Gasteiger partial charge in [-0.1, -0.05) is 0 Å². The number of carboxylic acids is 1. The van der Waals surface area contributed by atoms with E-state index in [2.05, 4.69) is 0 Å². The van der Waals surface area contributed by atoms with Crippen LogP contribution in [0, 0.1) is 0 Å². The lowest BCUT2D eigenvalue weighted by atomic mass is 10.1. The van der Waals surface area contributed by atoms with Crippen LogP contribution in [0.15, 0.2) is 18.2 Å². The fourth-order valence-electron chi connectivity index (χ4n) is 3.30. The average molecular weight is 349 g/mol. The third-order valence-electron chi connectivity index (χ3n) is 4.68. The molecule has 25 heavy (non-hydrogen) atoms. The zero-order chi connectivity index (χ0) is 17.8. The Bertz CT molecular complexity index is 640. The molecule has 0 radical (unpaired) electrons. The van der Waals surface area contributed by atoms with E-state index >= 15 is 0 Å². The molecule has 0 spiro atoms. The Kier molecular flexibility index (Phi) is 5.43. The van der Waals surface area contributed by atoms with E-state index in [1.165, 1.54) is 12.0 Å². The fraction of sp³-hybridized carbons (Fsp3) is 0.556. The largest absolute Gasteiger partial charge is 0.493 e. The lowest BCUT2D eigenvalue weighted by Gasteiger charge is -2.33. The molecule has 1 atom stereocenters. The topological polar surface area (TPSA) is 85.3 Å². The molecule has 1 aliphatic heterocycles. The first kappa shape index (κ1) is 17.5. The molecule has 0 aromatic heterocycles. The molecule has 7 nitrogen and oxygen atoms in total. The number of rotatable bonds is 5. The number of amides is 1. The molecule has 0 bridgehead atoms. The number of carbonyl (C=O) groups is 2. The van der Waals surface area contributed by atoms with Crippen molar-refractivity contribution in [2.24, 2.45) is 0 Å². The van der Waals surface area contributed by atoms with Gasteiger partial charge in [-0.25, -0.2) is 4.79 Å². The molecule has 1 heterocycles. The molecule has 1 aliphatic carbocycles. The van der Waals surface area contributed by atoms with Crippen LogP contribution in [-0.4, -0.2) is 60.9 Å². The fourth-order valence-corrected chi connectivity index (χ4v) is 3.30. The highest BCUT2D eigenvalue weighted by Crippen LogP contribution is 2.32. The van der Waals surface area contributed by atoms with Crippen molar-refractivity contribution in [3.8, 4) is 11.5 Å². The van der Waals surface area contributed by atoms with Gasteiger partial charge in [0.15, 0.2) is 17.5 Å². The summed E-state index contributed by atoms with van der Waals surface area (Å²) >= 11 is 0.